The predicted octanol–water partition coefficient (Wildman–Crippen LogP) is 6.50. The van der Waals surface area contributed by atoms with Crippen molar-refractivity contribution in [1.82, 2.24) is 9.88 Å². The Morgan fingerprint density at radius 3 is 2.38 bits per heavy atom. The van der Waals surface area contributed by atoms with Crippen molar-refractivity contribution < 1.29 is 32.6 Å². The van der Waals surface area contributed by atoms with Gasteiger partial charge < -0.3 is 14.7 Å². The number of ether oxygens (including phenoxy) is 1. The van der Waals surface area contributed by atoms with Crippen molar-refractivity contribution >= 4 is 29.3 Å². The summed E-state index contributed by atoms with van der Waals surface area (Å²) >= 11 is 1.81. The average Bonchev–Trinajstić information content (AvgIpc) is 2.90. The summed E-state index contributed by atoms with van der Waals surface area (Å²) in [5.74, 6) is -0.740. The molecule has 1 aliphatic rings. The van der Waals surface area contributed by atoms with Crippen LogP contribution in [-0.2, 0) is 12.7 Å². The second kappa shape index (κ2) is 12.3. The van der Waals surface area contributed by atoms with Crippen LogP contribution in [0.25, 0.3) is 0 Å². The second-order valence-electron chi connectivity index (χ2n) is 9.80. The summed E-state index contributed by atoms with van der Waals surface area (Å²) in [4.78, 5) is 32.9. The highest BCUT2D eigenvalue weighted by Crippen LogP contribution is 2.38. The van der Waals surface area contributed by atoms with Crippen LogP contribution in [0.1, 0.15) is 51.3 Å². The molecule has 1 N–H and O–H groups in total. The number of carbonyl (C=O) groups excluding carboxylic acids is 1. The van der Waals surface area contributed by atoms with E-state index >= 15 is 0 Å². The van der Waals surface area contributed by atoms with E-state index in [4.69, 9.17) is 4.74 Å². The highest BCUT2D eigenvalue weighted by atomic mass is 32.2. The van der Waals surface area contributed by atoms with E-state index in [1.54, 1.807) is 38.1 Å². The van der Waals surface area contributed by atoms with E-state index in [1.165, 1.54) is 23.2 Å². The monoisotopic (exact) mass is 573 g/mol. The van der Waals surface area contributed by atoms with Gasteiger partial charge in [0.05, 0.1) is 11.3 Å². The van der Waals surface area contributed by atoms with Crippen molar-refractivity contribution in [2.75, 3.05) is 29.5 Å². The van der Waals surface area contributed by atoms with E-state index in [0.29, 0.717) is 17.7 Å². The molecule has 1 aromatic heterocycles. The molecule has 0 unspecified atom stereocenters. The molecule has 4 rings (SSSR count). The van der Waals surface area contributed by atoms with E-state index in [0.717, 1.165) is 42.3 Å². The molecule has 2 heterocycles. The number of aromatic nitrogens is 1. The quantitative estimate of drug-likeness (QED) is 0.329. The van der Waals surface area contributed by atoms with Gasteiger partial charge in [0, 0.05) is 48.9 Å². The van der Waals surface area contributed by atoms with Crippen molar-refractivity contribution in [2.45, 2.75) is 39.5 Å². The van der Waals surface area contributed by atoms with Gasteiger partial charge in [0.1, 0.15) is 11.3 Å². The molecular formula is C29H30F3N3O4S. The minimum atomic E-state index is -4.74. The first-order valence-corrected chi connectivity index (χ1v) is 13.9. The molecule has 212 valence electrons. The molecule has 40 heavy (non-hydrogen) atoms. The number of anilines is 1. The number of rotatable bonds is 8. The Kier molecular flexibility index (Phi) is 9.05. The highest BCUT2D eigenvalue weighted by molar-refractivity contribution is 7.99. The molecule has 0 atom stereocenters. The third kappa shape index (κ3) is 6.95. The van der Waals surface area contributed by atoms with Gasteiger partial charge in [0.15, 0.2) is 0 Å². The van der Waals surface area contributed by atoms with Gasteiger partial charge >= 0.3 is 12.1 Å². The first-order valence-electron chi connectivity index (χ1n) is 12.8. The molecule has 11 heteroatoms. The molecule has 1 fully saturated rings. The summed E-state index contributed by atoms with van der Waals surface area (Å²) < 4.78 is 47.4. The number of halogens is 3. The molecule has 0 spiro atoms. The van der Waals surface area contributed by atoms with E-state index in [1.807, 2.05) is 18.7 Å². The van der Waals surface area contributed by atoms with Crippen LogP contribution in [0.2, 0.25) is 0 Å². The number of aromatic carboxylic acids is 1. The van der Waals surface area contributed by atoms with Crippen LogP contribution in [0.5, 0.6) is 11.6 Å². The van der Waals surface area contributed by atoms with E-state index in [-0.39, 0.29) is 17.0 Å². The van der Waals surface area contributed by atoms with Crippen LogP contribution < -0.4 is 9.64 Å². The van der Waals surface area contributed by atoms with Gasteiger partial charge in [-0.15, -0.1) is 0 Å². The van der Waals surface area contributed by atoms with Gasteiger partial charge in [-0.3, -0.25) is 9.69 Å². The number of amides is 1. The molecule has 0 radical (unpaired) electrons. The lowest BCUT2D eigenvalue weighted by molar-refractivity contribution is -0.139. The third-order valence-corrected chi connectivity index (χ3v) is 7.37. The van der Waals surface area contributed by atoms with Crippen molar-refractivity contribution in [3.8, 4) is 11.6 Å². The van der Waals surface area contributed by atoms with Crippen LogP contribution in [0.15, 0.2) is 54.7 Å². The lowest BCUT2D eigenvalue weighted by atomic mass is 10.1. The standard InChI is InChI=1S/C29H30F3N3O4S/c1-18(2)35(27(36)21-6-4-19(3)5-7-21)25-9-8-22(15-23(25)28(37)38)39-26-24(29(30,31)32)14-20(16-33-26)17-34-10-12-40-13-11-34/h4-9,14-16,18H,10-13,17H2,1-3H3,(H,37,38). The lowest BCUT2D eigenvalue weighted by Gasteiger charge is -2.28. The molecule has 1 saturated heterocycles. The maximum Gasteiger partial charge on any atom is 0.421 e. The number of benzene rings is 2. The number of carbonyl (C=O) groups is 2. The summed E-state index contributed by atoms with van der Waals surface area (Å²) in [7, 11) is 0. The number of hydrogen-bond donors (Lipinski definition) is 1. The number of carboxylic acid groups (broad SMARTS) is 1. The summed E-state index contributed by atoms with van der Waals surface area (Å²) in [5.41, 5.74) is 0.509. The predicted molar refractivity (Wildman–Crippen MR) is 148 cm³/mol. The van der Waals surface area contributed by atoms with Crippen LogP contribution in [0.3, 0.4) is 0 Å². The Morgan fingerprint density at radius 2 is 1.77 bits per heavy atom. The van der Waals surface area contributed by atoms with Gasteiger partial charge in [0.2, 0.25) is 5.88 Å². The topological polar surface area (TPSA) is 83.0 Å². The van der Waals surface area contributed by atoms with Gasteiger partial charge in [-0.1, -0.05) is 17.7 Å². The lowest BCUT2D eigenvalue weighted by Crippen LogP contribution is -2.38. The van der Waals surface area contributed by atoms with E-state index in [9.17, 15) is 27.9 Å². The molecule has 3 aromatic rings. The van der Waals surface area contributed by atoms with E-state index < -0.39 is 35.5 Å². The number of aryl methyl sites for hydroxylation is 1. The van der Waals surface area contributed by atoms with Crippen LogP contribution >= 0.6 is 11.8 Å². The van der Waals surface area contributed by atoms with Gasteiger partial charge in [-0.2, -0.15) is 24.9 Å². The zero-order chi connectivity index (χ0) is 29.0. The molecular weight excluding hydrogens is 543 g/mol. The fourth-order valence-corrected chi connectivity index (χ4v) is 5.39. The molecule has 0 aliphatic carbocycles. The maximum absolute atomic E-state index is 14.0. The van der Waals surface area contributed by atoms with Crippen molar-refractivity contribution in [1.29, 1.82) is 0 Å². The number of thioether (sulfide) groups is 1. The minimum Gasteiger partial charge on any atom is -0.478 e. The van der Waals surface area contributed by atoms with Gasteiger partial charge in [0.25, 0.3) is 5.91 Å². The Morgan fingerprint density at radius 1 is 1.10 bits per heavy atom. The molecule has 7 nitrogen and oxygen atoms in total. The number of alkyl halides is 3. The zero-order valence-corrected chi connectivity index (χ0v) is 23.2. The van der Waals surface area contributed by atoms with Crippen molar-refractivity contribution in [3.05, 3.63) is 82.5 Å². The smallest absolute Gasteiger partial charge is 0.421 e. The molecule has 1 aliphatic heterocycles. The Hall–Kier alpha value is -3.57. The molecule has 0 saturated carbocycles. The summed E-state index contributed by atoms with van der Waals surface area (Å²) in [6.07, 6.45) is -3.39. The van der Waals surface area contributed by atoms with E-state index in [2.05, 4.69) is 9.88 Å². The largest absolute Gasteiger partial charge is 0.478 e. The SMILES string of the molecule is Cc1ccc(C(=O)N(c2ccc(Oc3ncc(CN4CCSCC4)cc3C(F)(F)F)cc2C(=O)O)C(C)C)cc1. The first-order chi connectivity index (χ1) is 18.9. The molecule has 1 amide bonds. The Labute approximate surface area is 235 Å². The second-order valence-corrected chi connectivity index (χ2v) is 11.0. The number of hydrogen-bond acceptors (Lipinski definition) is 6. The third-order valence-electron chi connectivity index (χ3n) is 6.43. The highest BCUT2D eigenvalue weighted by Gasteiger charge is 2.36. The molecule has 2 aromatic carbocycles. The Bertz CT molecular complexity index is 1370. The summed E-state index contributed by atoms with van der Waals surface area (Å²) in [6.45, 7) is 7.28. The van der Waals surface area contributed by atoms with Crippen molar-refractivity contribution in [2.24, 2.45) is 0 Å². The summed E-state index contributed by atoms with van der Waals surface area (Å²) in [6, 6.07) is 11.3. The fraction of sp³-hybridized carbons (Fsp3) is 0.345. The summed E-state index contributed by atoms with van der Waals surface area (Å²) in [5, 5.41) is 9.96. The molecule has 0 bridgehead atoms. The minimum absolute atomic E-state index is 0.0967. The zero-order valence-electron chi connectivity index (χ0n) is 22.4. The fourth-order valence-electron chi connectivity index (χ4n) is 4.41. The van der Waals surface area contributed by atoms with Gasteiger partial charge in [-0.25, -0.2) is 9.78 Å². The first kappa shape index (κ1) is 29.4. The average molecular weight is 574 g/mol. The van der Waals surface area contributed by atoms with Crippen LogP contribution in [0, 0.1) is 6.92 Å². The van der Waals surface area contributed by atoms with Gasteiger partial charge in [-0.05, 0) is 62.7 Å². The number of nitrogens with zero attached hydrogens (tertiary/aromatic N) is 3. The normalized spacial score (nSPS) is 14.3. The Balaban J connectivity index is 1.66. The van der Waals surface area contributed by atoms with Crippen LogP contribution in [-0.4, -0.2) is 57.5 Å². The number of pyridine rings is 1. The van der Waals surface area contributed by atoms with Crippen LogP contribution in [0.4, 0.5) is 18.9 Å². The van der Waals surface area contributed by atoms with Crippen molar-refractivity contribution in [3.63, 3.8) is 0 Å². The maximum atomic E-state index is 14.0. The number of carboxylic acids is 1.